The van der Waals surface area contributed by atoms with E-state index in [1.54, 1.807) is 0 Å². The van der Waals surface area contributed by atoms with Gasteiger partial charge in [0.25, 0.3) is 0 Å². The number of urea groups is 1. The second kappa shape index (κ2) is 14.6. The fourth-order valence-corrected chi connectivity index (χ4v) is 2.48. The lowest BCUT2D eigenvalue weighted by Gasteiger charge is -2.20. The van der Waals surface area contributed by atoms with Crippen LogP contribution in [0.15, 0.2) is 30.3 Å². The van der Waals surface area contributed by atoms with E-state index in [9.17, 15) is 4.79 Å². The number of carbonyl (C=O) groups is 1. The minimum Gasteiger partial charge on any atom is -0.381 e. The van der Waals surface area contributed by atoms with E-state index in [2.05, 4.69) is 60.7 Å². The molecule has 0 heterocycles. The highest BCUT2D eigenvalue weighted by Gasteiger charge is 2.03. The van der Waals surface area contributed by atoms with Crippen molar-refractivity contribution in [2.45, 2.75) is 52.0 Å². The Morgan fingerprint density at radius 3 is 2.31 bits per heavy atom. The molecule has 0 aliphatic heterocycles. The lowest BCUT2D eigenvalue weighted by molar-refractivity contribution is 0.133. The molecule has 2 amide bonds. The quantitative estimate of drug-likeness (QED) is 0.498. The number of nitrogens with one attached hydrogen (secondary N) is 2. The van der Waals surface area contributed by atoms with Crippen molar-refractivity contribution in [3.8, 4) is 0 Å². The number of nitrogens with zero attached hydrogens (tertiary/aromatic N) is 1. The molecular formula is C21H37N3O2. The summed E-state index contributed by atoms with van der Waals surface area (Å²) in [5, 5.41) is 5.82. The van der Waals surface area contributed by atoms with E-state index in [1.165, 1.54) is 5.56 Å². The Balaban J connectivity index is 1.85. The van der Waals surface area contributed by atoms with Gasteiger partial charge in [0.05, 0.1) is 6.61 Å². The van der Waals surface area contributed by atoms with E-state index in [-0.39, 0.29) is 6.03 Å². The average molecular weight is 364 g/mol. The zero-order chi connectivity index (χ0) is 19.0. The first-order valence-electron chi connectivity index (χ1n) is 9.93. The minimum absolute atomic E-state index is 0.0628. The van der Waals surface area contributed by atoms with Crippen LogP contribution in [0.5, 0.6) is 0 Å². The third-order valence-corrected chi connectivity index (χ3v) is 4.48. The molecule has 1 aromatic carbocycles. The van der Waals surface area contributed by atoms with Gasteiger partial charge in [-0.1, -0.05) is 30.3 Å². The topological polar surface area (TPSA) is 53.6 Å². The van der Waals surface area contributed by atoms with Crippen LogP contribution in [0.1, 0.15) is 45.1 Å². The zero-order valence-electron chi connectivity index (χ0n) is 16.8. The number of hydrogen-bond acceptors (Lipinski definition) is 3. The van der Waals surface area contributed by atoms with Crippen LogP contribution in [0.4, 0.5) is 4.79 Å². The summed E-state index contributed by atoms with van der Waals surface area (Å²) in [7, 11) is 2.14. The van der Waals surface area contributed by atoms with Crippen molar-refractivity contribution in [2.75, 3.05) is 39.9 Å². The summed E-state index contributed by atoms with van der Waals surface area (Å²) in [6.45, 7) is 8.40. The highest BCUT2D eigenvalue weighted by Crippen LogP contribution is 2.00. The predicted molar refractivity (Wildman–Crippen MR) is 109 cm³/mol. The van der Waals surface area contributed by atoms with E-state index in [0.29, 0.717) is 12.6 Å². The maximum Gasteiger partial charge on any atom is 0.314 e. The smallest absolute Gasteiger partial charge is 0.314 e. The maximum absolute atomic E-state index is 11.7. The molecule has 5 nitrogen and oxygen atoms in total. The number of carbonyl (C=O) groups excluding carboxylic acids is 1. The number of amides is 2. The van der Waals surface area contributed by atoms with Crippen molar-refractivity contribution in [3.63, 3.8) is 0 Å². The van der Waals surface area contributed by atoms with Crippen LogP contribution in [0.2, 0.25) is 0 Å². The van der Waals surface area contributed by atoms with Crippen LogP contribution in [-0.2, 0) is 11.2 Å². The second-order valence-corrected chi connectivity index (χ2v) is 7.02. The van der Waals surface area contributed by atoms with E-state index < -0.39 is 0 Å². The molecule has 1 rings (SSSR count). The summed E-state index contributed by atoms with van der Waals surface area (Å²) in [6.07, 6.45) is 4.98. The van der Waals surface area contributed by atoms with Gasteiger partial charge < -0.3 is 20.3 Å². The fraction of sp³-hybridized carbons (Fsp3) is 0.667. The van der Waals surface area contributed by atoms with Gasteiger partial charge in [0.1, 0.15) is 0 Å². The molecule has 0 aromatic heterocycles. The van der Waals surface area contributed by atoms with Crippen LogP contribution < -0.4 is 10.6 Å². The molecular weight excluding hydrogens is 326 g/mol. The summed E-state index contributed by atoms with van der Waals surface area (Å²) < 4.78 is 5.64. The molecule has 5 heteroatoms. The molecule has 0 saturated carbocycles. The van der Waals surface area contributed by atoms with Crippen molar-refractivity contribution in [3.05, 3.63) is 35.9 Å². The van der Waals surface area contributed by atoms with Gasteiger partial charge in [0.2, 0.25) is 0 Å². The summed E-state index contributed by atoms with van der Waals surface area (Å²) in [4.78, 5) is 14.0. The molecule has 0 spiro atoms. The van der Waals surface area contributed by atoms with E-state index in [0.717, 1.165) is 58.4 Å². The molecule has 0 radical (unpaired) electrons. The number of hydrogen-bond donors (Lipinski definition) is 2. The first-order valence-corrected chi connectivity index (χ1v) is 9.93. The lowest BCUT2D eigenvalue weighted by Crippen LogP contribution is -2.37. The molecule has 0 unspecified atom stereocenters. The van der Waals surface area contributed by atoms with Gasteiger partial charge in [0, 0.05) is 25.7 Å². The van der Waals surface area contributed by atoms with Crippen molar-refractivity contribution in [1.29, 1.82) is 0 Å². The first kappa shape index (κ1) is 22.5. The molecule has 148 valence electrons. The van der Waals surface area contributed by atoms with Gasteiger partial charge >= 0.3 is 6.03 Å². The molecule has 26 heavy (non-hydrogen) atoms. The third-order valence-electron chi connectivity index (χ3n) is 4.48. The van der Waals surface area contributed by atoms with Gasteiger partial charge in [-0.05, 0) is 65.1 Å². The second-order valence-electron chi connectivity index (χ2n) is 7.02. The van der Waals surface area contributed by atoms with Crippen LogP contribution in [0.25, 0.3) is 0 Å². The molecule has 0 saturated heterocycles. The van der Waals surface area contributed by atoms with Gasteiger partial charge in [-0.25, -0.2) is 4.79 Å². The molecule has 0 fully saturated rings. The standard InChI is InChI=1S/C21H37N3O2/c1-19(2)24(3)16-9-7-14-22-21(25)23-15-8-10-17-26-18-13-20-11-5-4-6-12-20/h4-6,11-12,19H,7-10,13-18H2,1-3H3,(H2,22,23,25). The van der Waals surface area contributed by atoms with Crippen LogP contribution in [0.3, 0.4) is 0 Å². The Hall–Kier alpha value is -1.59. The lowest BCUT2D eigenvalue weighted by atomic mass is 10.2. The van der Waals surface area contributed by atoms with E-state index in [1.807, 2.05) is 6.07 Å². The number of rotatable bonds is 14. The van der Waals surface area contributed by atoms with Crippen molar-refractivity contribution in [1.82, 2.24) is 15.5 Å². The molecule has 1 aromatic rings. The Labute approximate surface area is 159 Å². The summed E-state index contributed by atoms with van der Waals surface area (Å²) in [5.41, 5.74) is 1.31. The monoisotopic (exact) mass is 363 g/mol. The van der Waals surface area contributed by atoms with Gasteiger partial charge in [0.15, 0.2) is 0 Å². The van der Waals surface area contributed by atoms with Crippen LogP contribution in [-0.4, -0.2) is 56.9 Å². The highest BCUT2D eigenvalue weighted by atomic mass is 16.5. The minimum atomic E-state index is -0.0628. The predicted octanol–water partition coefficient (Wildman–Crippen LogP) is 3.45. The number of unbranched alkanes of at least 4 members (excludes halogenated alkanes) is 2. The summed E-state index contributed by atoms with van der Waals surface area (Å²) >= 11 is 0. The van der Waals surface area contributed by atoms with E-state index in [4.69, 9.17) is 4.74 Å². The van der Waals surface area contributed by atoms with Gasteiger partial charge in [-0.15, -0.1) is 0 Å². The Bertz CT molecular complexity index is 466. The van der Waals surface area contributed by atoms with Crippen molar-refractivity contribution >= 4 is 6.03 Å². The normalized spacial score (nSPS) is 11.1. The highest BCUT2D eigenvalue weighted by molar-refractivity contribution is 5.73. The zero-order valence-corrected chi connectivity index (χ0v) is 16.8. The van der Waals surface area contributed by atoms with Crippen molar-refractivity contribution in [2.24, 2.45) is 0 Å². The molecule has 0 aliphatic carbocycles. The van der Waals surface area contributed by atoms with Crippen LogP contribution >= 0.6 is 0 Å². The Kier molecular flexibility index (Phi) is 12.6. The number of benzene rings is 1. The number of ether oxygens (including phenoxy) is 1. The van der Waals surface area contributed by atoms with E-state index >= 15 is 0 Å². The van der Waals surface area contributed by atoms with Gasteiger partial charge in [-0.3, -0.25) is 0 Å². The SMILES string of the molecule is CC(C)N(C)CCCCNC(=O)NCCCCOCCc1ccccc1. The molecule has 2 N–H and O–H groups in total. The average Bonchev–Trinajstić information content (AvgIpc) is 2.64. The summed E-state index contributed by atoms with van der Waals surface area (Å²) in [6, 6.07) is 10.9. The Morgan fingerprint density at radius 2 is 1.65 bits per heavy atom. The summed E-state index contributed by atoms with van der Waals surface area (Å²) in [5.74, 6) is 0. The maximum atomic E-state index is 11.7. The molecule has 0 aliphatic rings. The Morgan fingerprint density at radius 1 is 1.00 bits per heavy atom. The fourth-order valence-electron chi connectivity index (χ4n) is 2.48. The van der Waals surface area contributed by atoms with Crippen LogP contribution in [0, 0.1) is 0 Å². The first-order chi connectivity index (χ1) is 12.6. The molecule has 0 bridgehead atoms. The van der Waals surface area contributed by atoms with Crippen molar-refractivity contribution < 1.29 is 9.53 Å². The van der Waals surface area contributed by atoms with Gasteiger partial charge in [-0.2, -0.15) is 0 Å². The third kappa shape index (κ3) is 11.9. The largest absolute Gasteiger partial charge is 0.381 e. The molecule has 0 atom stereocenters.